The van der Waals surface area contributed by atoms with Crippen molar-refractivity contribution in [1.82, 2.24) is 10.3 Å². The standard InChI is InChI=1S/C15H20N2OS/c1-10-5-6-14(18-4)13(7-10)11(2)17-12(3)15-8-16-9-19-15/h5-9,11-12,17H,1-4H3. The number of rotatable bonds is 5. The van der Waals surface area contributed by atoms with Crippen molar-refractivity contribution in [2.24, 2.45) is 0 Å². The van der Waals surface area contributed by atoms with Gasteiger partial charge in [-0.2, -0.15) is 0 Å². The van der Waals surface area contributed by atoms with Crippen LogP contribution in [0, 0.1) is 6.92 Å². The second-order valence-corrected chi connectivity index (χ2v) is 5.68. The lowest BCUT2D eigenvalue weighted by Gasteiger charge is -2.21. The summed E-state index contributed by atoms with van der Waals surface area (Å²) in [5.74, 6) is 0.933. The zero-order valence-electron chi connectivity index (χ0n) is 11.8. The maximum Gasteiger partial charge on any atom is 0.123 e. The summed E-state index contributed by atoms with van der Waals surface area (Å²) >= 11 is 1.68. The van der Waals surface area contributed by atoms with E-state index >= 15 is 0 Å². The summed E-state index contributed by atoms with van der Waals surface area (Å²) in [5.41, 5.74) is 4.31. The number of ether oxygens (including phenoxy) is 1. The molecule has 1 aromatic heterocycles. The van der Waals surface area contributed by atoms with E-state index in [1.165, 1.54) is 16.0 Å². The van der Waals surface area contributed by atoms with Crippen molar-refractivity contribution in [3.63, 3.8) is 0 Å². The molecule has 4 heteroatoms. The van der Waals surface area contributed by atoms with Crippen molar-refractivity contribution in [2.45, 2.75) is 32.9 Å². The van der Waals surface area contributed by atoms with Gasteiger partial charge in [0.15, 0.2) is 0 Å². The number of methoxy groups -OCH3 is 1. The largest absolute Gasteiger partial charge is 0.496 e. The molecule has 2 atom stereocenters. The van der Waals surface area contributed by atoms with E-state index in [0.717, 1.165) is 5.75 Å². The number of thiazole rings is 1. The smallest absolute Gasteiger partial charge is 0.123 e. The number of benzene rings is 1. The highest BCUT2D eigenvalue weighted by Gasteiger charge is 2.15. The van der Waals surface area contributed by atoms with Crippen molar-refractivity contribution >= 4 is 11.3 Å². The van der Waals surface area contributed by atoms with E-state index in [4.69, 9.17) is 4.74 Å². The van der Waals surface area contributed by atoms with Crippen LogP contribution in [0.3, 0.4) is 0 Å². The zero-order valence-corrected chi connectivity index (χ0v) is 12.6. The first-order valence-corrected chi connectivity index (χ1v) is 7.28. The molecule has 0 saturated heterocycles. The minimum atomic E-state index is 0.229. The molecule has 1 heterocycles. The molecule has 2 rings (SSSR count). The highest BCUT2D eigenvalue weighted by atomic mass is 32.1. The third-order valence-electron chi connectivity index (χ3n) is 3.23. The molecule has 2 aromatic rings. The normalized spacial score (nSPS) is 14.1. The van der Waals surface area contributed by atoms with Gasteiger partial charge in [0.05, 0.1) is 12.6 Å². The van der Waals surface area contributed by atoms with E-state index in [-0.39, 0.29) is 12.1 Å². The van der Waals surface area contributed by atoms with Crippen LogP contribution in [-0.4, -0.2) is 12.1 Å². The number of aromatic nitrogens is 1. The fourth-order valence-corrected chi connectivity index (χ4v) is 2.82. The van der Waals surface area contributed by atoms with Gasteiger partial charge in [0, 0.05) is 28.7 Å². The number of hydrogen-bond acceptors (Lipinski definition) is 4. The van der Waals surface area contributed by atoms with Crippen molar-refractivity contribution in [3.8, 4) is 5.75 Å². The summed E-state index contributed by atoms with van der Waals surface area (Å²) in [6.45, 7) is 6.42. The zero-order chi connectivity index (χ0) is 13.8. The van der Waals surface area contributed by atoms with Crippen LogP contribution in [0.1, 0.15) is 41.9 Å². The Morgan fingerprint density at radius 1 is 1.26 bits per heavy atom. The SMILES string of the molecule is COc1ccc(C)cc1C(C)NC(C)c1cncs1. The molecule has 0 fully saturated rings. The summed E-state index contributed by atoms with van der Waals surface area (Å²) in [7, 11) is 1.72. The summed E-state index contributed by atoms with van der Waals surface area (Å²) in [4.78, 5) is 5.37. The molecule has 19 heavy (non-hydrogen) atoms. The van der Waals surface area contributed by atoms with E-state index in [1.54, 1.807) is 18.4 Å². The molecular formula is C15H20N2OS. The lowest BCUT2D eigenvalue weighted by molar-refractivity contribution is 0.397. The monoisotopic (exact) mass is 276 g/mol. The Hall–Kier alpha value is -1.39. The van der Waals surface area contributed by atoms with Gasteiger partial charge in [-0.05, 0) is 26.8 Å². The Morgan fingerprint density at radius 3 is 2.68 bits per heavy atom. The molecule has 0 spiro atoms. The van der Waals surface area contributed by atoms with Gasteiger partial charge >= 0.3 is 0 Å². The Balaban J connectivity index is 2.15. The van der Waals surface area contributed by atoms with Gasteiger partial charge in [-0.15, -0.1) is 11.3 Å². The van der Waals surface area contributed by atoms with E-state index in [1.807, 2.05) is 17.8 Å². The first-order chi connectivity index (χ1) is 9.11. The van der Waals surface area contributed by atoms with Crippen LogP contribution in [0.25, 0.3) is 0 Å². The maximum atomic E-state index is 5.44. The second kappa shape index (κ2) is 6.17. The highest BCUT2D eigenvalue weighted by molar-refractivity contribution is 7.09. The molecule has 0 saturated carbocycles. The van der Waals surface area contributed by atoms with Crippen molar-refractivity contribution in [3.05, 3.63) is 45.9 Å². The van der Waals surface area contributed by atoms with Crippen molar-refractivity contribution in [1.29, 1.82) is 0 Å². The quantitative estimate of drug-likeness (QED) is 0.900. The summed E-state index contributed by atoms with van der Waals surface area (Å²) in [6, 6.07) is 6.79. The Kier molecular flexibility index (Phi) is 4.56. The Morgan fingerprint density at radius 2 is 2.05 bits per heavy atom. The summed E-state index contributed by atoms with van der Waals surface area (Å²) in [6.07, 6.45) is 1.92. The third kappa shape index (κ3) is 3.33. The molecule has 0 aliphatic rings. The van der Waals surface area contributed by atoms with Crippen LogP contribution in [0.4, 0.5) is 0 Å². The van der Waals surface area contributed by atoms with Crippen molar-refractivity contribution in [2.75, 3.05) is 7.11 Å². The van der Waals surface area contributed by atoms with Crippen LogP contribution in [0.15, 0.2) is 29.9 Å². The fraction of sp³-hybridized carbons (Fsp3) is 0.400. The molecule has 0 radical (unpaired) electrons. The Bertz CT molecular complexity index is 525. The molecular weight excluding hydrogens is 256 g/mol. The molecule has 1 N–H and O–H groups in total. The average Bonchev–Trinajstić information content (AvgIpc) is 2.92. The fourth-order valence-electron chi connectivity index (χ4n) is 2.18. The predicted octanol–water partition coefficient (Wildman–Crippen LogP) is 3.87. The van der Waals surface area contributed by atoms with Gasteiger partial charge < -0.3 is 10.1 Å². The molecule has 0 aliphatic heterocycles. The van der Waals surface area contributed by atoms with Gasteiger partial charge in [0.25, 0.3) is 0 Å². The van der Waals surface area contributed by atoms with Gasteiger partial charge in [-0.3, -0.25) is 4.98 Å². The van der Waals surface area contributed by atoms with Crippen LogP contribution in [0.5, 0.6) is 5.75 Å². The first-order valence-electron chi connectivity index (χ1n) is 6.40. The molecule has 0 aliphatic carbocycles. The Labute approximate surface area is 118 Å². The molecule has 0 amide bonds. The minimum absolute atomic E-state index is 0.229. The van der Waals surface area contributed by atoms with Crippen LogP contribution in [0.2, 0.25) is 0 Å². The maximum absolute atomic E-state index is 5.44. The first kappa shape index (κ1) is 14.0. The van der Waals surface area contributed by atoms with Gasteiger partial charge in [-0.25, -0.2) is 0 Å². The highest BCUT2D eigenvalue weighted by Crippen LogP contribution is 2.28. The number of aryl methyl sites for hydroxylation is 1. The lowest BCUT2D eigenvalue weighted by atomic mass is 10.0. The van der Waals surface area contributed by atoms with Crippen LogP contribution < -0.4 is 10.1 Å². The van der Waals surface area contributed by atoms with E-state index < -0.39 is 0 Å². The average molecular weight is 276 g/mol. The molecule has 1 aromatic carbocycles. The van der Waals surface area contributed by atoms with E-state index in [2.05, 4.69) is 43.2 Å². The lowest BCUT2D eigenvalue weighted by Crippen LogP contribution is -2.22. The molecule has 3 nitrogen and oxygen atoms in total. The van der Waals surface area contributed by atoms with Crippen LogP contribution >= 0.6 is 11.3 Å². The number of hydrogen-bond donors (Lipinski definition) is 1. The van der Waals surface area contributed by atoms with Gasteiger partial charge in [0.2, 0.25) is 0 Å². The molecule has 102 valence electrons. The second-order valence-electron chi connectivity index (χ2n) is 4.76. The van der Waals surface area contributed by atoms with Gasteiger partial charge in [-0.1, -0.05) is 17.7 Å². The van der Waals surface area contributed by atoms with Crippen LogP contribution in [-0.2, 0) is 0 Å². The summed E-state index contributed by atoms with van der Waals surface area (Å²) < 4.78 is 5.44. The third-order valence-corrected chi connectivity index (χ3v) is 4.19. The van der Waals surface area contributed by atoms with E-state index in [9.17, 15) is 0 Å². The van der Waals surface area contributed by atoms with Crippen molar-refractivity contribution < 1.29 is 4.74 Å². The molecule has 2 unspecified atom stereocenters. The predicted molar refractivity (Wildman–Crippen MR) is 79.8 cm³/mol. The number of nitrogens with zero attached hydrogens (tertiary/aromatic N) is 1. The number of nitrogens with one attached hydrogen (secondary N) is 1. The topological polar surface area (TPSA) is 34.1 Å². The minimum Gasteiger partial charge on any atom is -0.496 e. The van der Waals surface area contributed by atoms with E-state index in [0.29, 0.717) is 0 Å². The summed E-state index contributed by atoms with van der Waals surface area (Å²) in [5, 5.41) is 3.59. The van der Waals surface area contributed by atoms with Gasteiger partial charge in [0.1, 0.15) is 5.75 Å². The molecule has 0 bridgehead atoms.